The summed E-state index contributed by atoms with van der Waals surface area (Å²) >= 11 is 0. The van der Waals surface area contributed by atoms with E-state index in [0.717, 1.165) is 38.9 Å². The number of hydrogen-bond donors (Lipinski definition) is 1. The van der Waals surface area contributed by atoms with Gasteiger partial charge in [-0.3, -0.25) is 9.69 Å². The summed E-state index contributed by atoms with van der Waals surface area (Å²) in [5, 5.41) is 13.9. The summed E-state index contributed by atoms with van der Waals surface area (Å²) in [6.45, 7) is 5.50. The van der Waals surface area contributed by atoms with Crippen molar-refractivity contribution in [3.8, 4) is 5.75 Å². The summed E-state index contributed by atoms with van der Waals surface area (Å²) in [6.07, 6.45) is 1.63. The molecule has 3 heterocycles. The van der Waals surface area contributed by atoms with Crippen molar-refractivity contribution in [3.63, 3.8) is 0 Å². The van der Waals surface area contributed by atoms with Crippen LogP contribution in [0.1, 0.15) is 45.4 Å². The van der Waals surface area contributed by atoms with E-state index in [4.69, 9.17) is 9.15 Å². The molecule has 0 aliphatic rings. The highest BCUT2D eigenvalue weighted by atomic mass is 16.5. The smallest absolute Gasteiger partial charge is 0.253 e. The first-order valence-electron chi connectivity index (χ1n) is 13.8. The van der Waals surface area contributed by atoms with Gasteiger partial charge in [0, 0.05) is 29.6 Å². The molecule has 0 saturated carbocycles. The van der Waals surface area contributed by atoms with Gasteiger partial charge in [0.1, 0.15) is 24.1 Å². The average Bonchev–Trinajstić information content (AvgIpc) is 3.67. The number of tetrazole rings is 1. The molecular weight excluding hydrogens is 528 g/mol. The van der Waals surface area contributed by atoms with E-state index in [1.54, 1.807) is 18.1 Å². The van der Waals surface area contributed by atoms with Gasteiger partial charge in [0.25, 0.3) is 5.56 Å². The average molecular weight is 561 g/mol. The highest BCUT2D eigenvalue weighted by Crippen LogP contribution is 2.31. The van der Waals surface area contributed by atoms with Gasteiger partial charge in [0.15, 0.2) is 5.82 Å². The van der Waals surface area contributed by atoms with Gasteiger partial charge < -0.3 is 14.1 Å². The third-order valence-corrected chi connectivity index (χ3v) is 7.46. The molecule has 9 heteroatoms. The van der Waals surface area contributed by atoms with Gasteiger partial charge in [-0.25, -0.2) is 4.68 Å². The third-order valence-electron chi connectivity index (χ3n) is 7.46. The van der Waals surface area contributed by atoms with E-state index in [-0.39, 0.29) is 5.56 Å². The number of rotatable bonds is 10. The van der Waals surface area contributed by atoms with Gasteiger partial charge in [-0.2, -0.15) is 0 Å². The first-order chi connectivity index (χ1) is 20.5. The highest BCUT2D eigenvalue weighted by molar-refractivity contribution is 5.83. The Morgan fingerprint density at radius 2 is 1.71 bits per heavy atom. The summed E-state index contributed by atoms with van der Waals surface area (Å²) < 4.78 is 12.7. The Hall–Kier alpha value is -5.02. The molecule has 0 saturated heterocycles. The molecule has 0 amide bonds. The van der Waals surface area contributed by atoms with Crippen molar-refractivity contribution in [3.05, 3.63) is 141 Å². The van der Waals surface area contributed by atoms with Crippen LogP contribution in [0.15, 0.2) is 100 Å². The second-order valence-corrected chi connectivity index (χ2v) is 10.5. The predicted octanol–water partition coefficient (Wildman–Crippen LogP) is 5.57. The SMILES string of the molecule is COc1ccc(CN(Cc2ccccc2)[C@@H](c2cc3c(C)cc(C)cc3[nH]c2=O)c2nnnn2Cc2ccco2)cc1. The maximum atomic E-state index is 13.9. The first kappa shape index (κ1) is 27.2. The van der Waals surface area contributed by atoms with Gasteiger partial charge in [0.2, 0.25) is 0 Å². The number of furan rings is 1. The molecular formula is C33H32N6O3. The molecule has 0 radical (unpaired) electrons. The fraction of sp³-hybridized carbons (Fsp3) is 0.212. The maximum absolute atomic E-state index is 13.9. The van der Waals surface area contributed by atoms with E-state index in [2.05, 4.69) is 50.5 Å². The standard InChI is InChI=1S/C33H32N6O3/c1-22-16-23(2)28-18-29(33(40)34-30(28)17-22)31(32-35-36-37-39(32)21-27-10-7-15-42-27)38(19-24-8-5-4-6-9-24)20-25-11-13-26(41-3)14-12-25/h4-18,31H,19-21H2,1-3H3,(H,34,40)/t31-/m0/s1. The van der Waals surface area contributed by atoms with Gasteiger partial charge in [-0.15, -0.1) is 5.10 Å². The molecule has 3 aromatic carbocycles. The lowest BCUT2D eigenvalue weighted by Crippen LogP contribution is -2.35. The van der Waals surface area contributed by atoms with Crippen molar-refractivity contribution in [2.24, 2.45) is 0 Å². The number of aromatic amines is 1. The lowest BCUT2D eigenvalue weighted by atomic mass is 9.99. The van der Waals surface area contributed by atoms with Crippen molar-refractivity contribution in [1.29, 1.82) is 0 Å². The molecule has 9 nitrogen and oxygen atoms in total. The van der Waals surface area contributed by atoms with E-state index in [9.17, 15) is 4.79 Å². The van der Waals surface area contributed by atoms with Crippen LogP contribution < -0.4 is 10.3 Å². The number of H-pyrrole nitrogens is 1. The summed E-state index contributed by atoms with van der Waals surface area (Å²) in [5.74, 6) is 2.04. The number of aromatic nitrogens is 5. The molecule has 0 unspecified atom stereocenters. The lowest BCUT2D eigenvalue weighted by Gasteiger charge is -2.31. The van der Waals surface area contributed by atoms with E-state index in [1.165, 1.54) is 0 Å². The summed E-state index contributed by atoms with van der Waals surface area (Å²) in [5.41, 5.74) is 5.52. The number of pyridine rings is 1. The monoisotopic (exact) mass is 560 g/mol. The van der Waals surface area contributed by atoms with Crippen LogP contribution in [0.4, 0.5) is 0 Å². The summed E-state index contributed by atoms with van der Waals surface area (Å²) in [4.78, 5) is 19.3. The normalized spacial score (nSPS) is 12.2. The zero-order valence-corrected chi connectivity index (χ0v) is 23.8. The second kappa shape index (κ2) is 11.8. The van der Waals surface area contributed by atoms with Crippen molar-refractivity contribution >= 4 is 10.9 Å². The van der Waals surface area contributed by atoms with Crippen molar-refractivity contribution < 1.29 is 9.15 Å². The van der Waals surface area contributed by atoms with Crippen LogP contribution in [0.5, 0.6) is 5.75 Å². The lowest BCUT2D eigenvalue weighted by molar-refractivity contribution is 0.193. The van der Waals surface area contributed by atoms with Crippen LogP contribution in [0.3, 0.4) is 0 Å². The van der Waals surface area contributed by atoms with E-state index >= 15 is 0 Å². The zero-order chi connectivity index (χ0) is 29.1. The first-order valence-corrected chi connectivity index (χ1v) is 13.8. The molecule has 1 N–H and O–H groups in total. The Balaban J connectivity index is 1.53. The van der Waals surface area contributed by atoms with Crippen molar-refractivity contribution in [2.75, 3.05) is 7.11 Å². The Morgan fingerprint density at radius 1 is 0.952 bits per heavy atom. The third kappa shape index (κ3) is 5.73. The molecule has 6 rings (SSSR count). The highest BCUT2D eigenvalue weighted by Gasteiger charge is 2.31. The van der Waals surface area contributed by atoms with Crippen molar-refractivity contribution in [1.82, 2.24) is 30.1 Å². The molecule has 3 aromatic heterocycles. The van der Waals surface area contributed by atoms with Gasteiger partial charge in [-0.05, 0) is 82.9 Å². The van der Waals surface area contributed by atoms with Gasteiger partial charge in [-0.1, -0.05) is 48.5 Å². The van der Waals surface area contributed by atoms with Gasteiger partial charge >= 0.3 is 0 Å². The number of ether oxygens (including phenoxy) is 1. The van der Waals surface area contributed by atoms with Crippen LogP contribution in [-0.2, 0) is 19.6 Å². The predicted molar refractivity (Wildman–Crippen MR) is 160 cm³/mol. The number of nitrogens with zero attached hydrogens (tertiary/aromatic N) is 5. The maximum Gasteiger partial charge on any atom is 0.253 e. The molecule has 0 bridgehead atoms. The number of benzene rings is 3. The molecule has 212 valence electrons. The molecule has 0 spiro atoms. The van der Waals surface area contributed by atoms with E-state index in [1.807, 2.05) is 73.7 Å². The van der Waals surface area contributed by atoms with Crippen LogP contribution >= 0.6 is 0 Å². The molecule has 0 fully saturated rings. The Bertz CT molecular complexity index is 1840. The Labute approximate surface area is 243 Å². The number of nitrogens with one attached hydrogen (secondary N) is 1. The largest absolute Gasteiger partial charge is 0.497 e. The molecule has 0 aliphatic heterocycles. The number of aryl methyl sites for hydroxylation is 2. The molecule has 42 heavy (non-hydrogen) atoms. The van der Waals surface area contributed by atoms with Gasteiger partial charge in [0.05, 0.1) is 13.4 Å². The zero-order valence-electron chi connectivity index (χ0n) is 23.8. The molecule has 1 atom stereocenters. The van der Waals surface area contributed by atoms with E-state index in [0.29, 0.717) is 36.8 Å². The minimum absolute atomic E-state index is 0.183. The number of methoxy groups -OCH3 is 1. The quantitative estimate of drug-likeness (QED) is 0.234. The fourth-order valence-corrected chi connectivity index (χ4v) is 5.48. The van der Waals surface area contributed by atoms with E-state index < -0.39 is 6.04 Å². The minimum atomic E-state index is -0.578. The minimum Gasteiger partial charge on any atom is -0.497 e. The van der Waals surface area contributed by atoms with Crippen LogP contribution in [-0.4, -0.2) is 37.2 Å². The summed E-state index contributed by atoms with van der Waals surface area (Å²) in [6, 6.07) is 27.4. The Kier molecular flexibility index (Phi) is 7.66. The van der Waals surface area contributed by atoms with Crippen LogP contribution in [0.2, 0.25) is 0 Å². The number of hydrogen-bond acceptors (Lipinski definition) is 7. The van der Waals surface area contributed by atoms with Crippen LogP contribution in [0, 0.1) is 13.8 Å². The topological polar surface area (TPSA) is 102 Å². The fourth-order valence-electron chi connectivity index (χ4n) is 5.48. The molecule has 6 aromatic rings. The molecule has 0 aliphatic carbocycles. The van der Waals surface area contributed by atoms with Crippen molar-refractivity contribution in [2.45, 2.75) is 39.5 Å². The number of fused-ring (bicyclic) bond motifs is 1. The summed E-state index contributed by atoms with van der Waals surface area (Å²) in [7, 11) is 1.65. The van der Waals surface area contributed by atoms with Crippen LogP contribution in [0.25, 0.3) is 10.9 Å². The Morgan fingerprint density at radius 3 is 2.43 bits per heavy atom. The second-order valence-electron chi connectivity index (χ2n) is 10.5.